The van der Waals surface area contributed by atoms with Crippen LogP contribution < -0.4 is 0 Å². The molecule has 19 heavy (non-hydrogen) atoms. The molecule has 0 nitrogen and oxygen atoms in total. The molecule has 1 aromatic rings. The molecule has 1 atom stereocenters. The van der Waals surface area contributed by atoms with Crippen molar-refractivity contribution in [3.05, 3.63) is 34.9 Å². The average Bonchev–Trinajstić information content (AvgIpc) is 2.45. The van der Waals surface area contributed by atoms with Crippen LogP contribution in [0.3, 0.4) is 0 Å². The van der Waals surface area contributed by atoms with Gasteiger partial charge in [-0.05, 0) is 61.1 Å². The van der Waals surface area contributed by atoms with Gasteiger partial charge in [-0.25, -0.2) is 0 Å². The molecule has 0 amide bonds. The van der Waals surface area contributed by atoms with Gasteiger partial charge in [0.1, 0.15) is 0 Å². The van der Waals surface area contributed by atoms with Crippen LogP contribution in [-0.2, 0) is 6.42 Å². The minimum atomic E-state index is 0.820. The second-order valence-electron chi connectivity index (χ2n) is 6.29. The van der Waals surface area contributed by atoms with Gasteiger partial charge in [0.15, 0.2) is 0 Å². The smallest absolute Gasteiger partial charge is 0.0131 e. The first-order valence-corrected chi connectivity index (χ1v) is 8.36. The van der Waals surface area contributed by atoms with Crippen LogP contribution in [0.1, 0.15) is 81.4 Å². The Bertz CT molecular complexity index is 385. The number of aryl methyl sites for hydroxylation is 1. The summed E-state index contributed by atoms with van der Waals surface area (Å²) in [4.78, 5) is 0. The van der Waals surface area contributed by atoms with E-state index in [0.717, 1.165) is 11.8 Å². The Morgan fingerprint density at radius 2 is 1.84 bits per heavy atom. The second-order valence-corrected chi connectivity index (χ2v) is 6.29. The first kappa shape index (κ1) is 14.6. The highest BCUT2D eigenvalue weighted by Gasteiger charge is 2.26. The van der Waals surface area contributed by atoms with Crippen molar-refractivity contribution in [1.82, 2.24) is 0 Å². The molecule has 0 spiro atoms. The van der Waals surface area contributed by atoms with Crippen LogP contribution in [-0.4, -0.2) is 0 Å². The van der Waals surface area contributed by atoms with Crippen LogP contribution in [0.15, 0.2) is 18.2 Å². The first-order chi connectivity index (χ1) is 9.27. The quantitative estimate of drug-likeness (QED) is 0.605. The van der Waals surface area contributed by atoms with Gasteiger partial charge in [0.05, 0.1) is 0 Å². The van der Waals surface area contributed by atoms with Crippen molar-refractivity contribution in [2.75, 3.05) is 0 Å². The Morgan fingerprint density at radius 1 is 1.11 bits per heavy atom. The predicted molar refractivity (Wildman–Crippen MR) is 84.8 cm³/mol. The topological polar surface area (TPSA) is 0 Å². The molecule has 1 unspecified atom stereocenters. The van der Waals surface area contributed by atoms with E-state index in [2.05, 4.69) is 39.0 Å². The summed E-state index contributed by atoms with van der Waals surface area (Å²) in [5.74, 6) is 1.76. The fourth-order valence-electron chi connectivity index (χ4n) is 4.05. The van der Waals surface area contributed by atoms with Crippen molar-refractivity contribution < 1.29 is 0 Å². The lowest BCUT2D eigenvalue weighted by Crippen LogP contribution is -2.18. The van der Waals surface area contributed by atoms with E-state index in [1.165, 1.54) is 56.9 Å². The van der Waals surface area contributed by atoms with Crippen LogP contribution in [0.5, 0.6) is 0 Å². The maximum Gasteiger partial charge on any atom is -0.0131 e. The van der Waals surface area contributed by atoms with Gasteiger partial charge in [0.25, 0.3) is 0 Å². The lowest BCUT2D eigenvalue weighted by molar-refractivity contribution is 0.292. The van der Waals surface area contributed by atoms with Crippen molar-refractivity contribution in [2.45, 2.75) is 78.1 Å². The first-order valence-electron chi connectivity index (χ1n) is 8.36. The van der Waals surface area contributed by atoms with E-state index in [1.807, 2.05) is 0 Å². The third-order valence-electron chi connectivity index (χ3n) is 5.02. The van der Waals surface area contributed by atoms with Crippen molar-refractivity contribution in [3.8, 4) is 0 Å². The number of rotatable bonds is 5. The molecule has 0 heteroatoms. The summed E-state index contributed by atoms with van der Waals surface area (Å²) in [6.45, 7) is 6.94. The van der Waals surface area contributed by atoms with Crippen LogP contribution in [0.25, 0.3) is 0 Å². The van der Waals surface area contributed by atoms with E-state index in [1.54, 1.807) is 11.1 Å². The summed E-state index contributed by atoms with van der Waals surface area (Å²) in [5.41, 5.74) is 4.81. The molecule has 106 valence electrons. The Balaban J connectivity index is 2.29. The molecule has 0 aliphatic heterocycles. The highest BCUT2D eigenvalue weighted by atomic mass is 14.3. The van der Waals surface area contributed by atoms with Gasteiger partial charge >= 0.3 is 0 Å². The number of hydrogen-bond donors (Lipinski definition) is 0. The summed E-state index contributed by atoms with van der Waals surface area (Å²) < 4.78 is 0. The molecule has 1 saturated carbocycles. The predicted octanol–water partition coefficient (Wildman–Crippen LogP) is 6.02. The second kappa shape index (κ2) is 7.12. The van der Waals surface area contributed by atoms with Gasteiger partial charge in [0, 0.05) is 0 Å². The number of benzene rings is 1. The summed E-state index contributed by atoms with van der Waals surface area (Å²) in [7, 11) is 0. The molecular formula is C19H30. The summed E-state index contributed by atoms with van der Waals surface area (Å²) in [6.07, 6.45) is 11.2. The average molecular weight is 258 g/mol. The van der Waals surface area contributed by atoms with Gasteiger partial charge in [-0.2, -0.15) is 0 Å². The van der Waals surface area contributed by atoms with Gasteiger partial charge in [0.2, 0.25) is 0 Å². The molecule has 0 bridgehead atoms. The third kappa shape index (κ3) is 3.41. The third-order valence-corrected chi connectivity index (χ3v) is 5.02. The Morgan fingerprint density at radius 3 is 2.47 bits per heavy atom. The zero-order valence-corrected chi connectivity index (χ0v) is 13.0. The van der Waals surface area contributed by atoms with Crippen molar-refractivity contribution >= 4 is 0 Å². The molecule has 0 heterocycles. The summed E-state index contributed by atoms with van der Waals surface area (Å²) in [5, 5.41) is 0. The zero-order valence-electron chi connectivity index (χ0n) is 13.0. The molecule has 0 aromatic heterocycles. The summed E-state index contributed by atoms with van der Waals surface area (Å²) in [6, 6.07) is 6.97. The Kier molecular flexibility index (Phi) is 5.48. The molecule has 0 N–H and O–H groups in total. The van der Waals surface area contributed by atoms with E-state index in [9.17, 15) is 0 Å². The maximum atomic E-state index is 2.42. The van der Waals surface area contributed by atoms with Crippen LogP contribution >= 0.6 is 0 Å². The van der Waals surface area contributed by atoms with Gasteiger partial charge in [-0.15, -0.1) is 0 Å². The number of hydrogen-bond acceptors (Lipinski definition) is 0. The van der Waals surface area contributed by atoms with E-state index in [0.29, 0.717) is 0 Å². The highest BCUT2D eigenvalue weighted by molar-refractivity contribution is 5.37. The molecule has 0 saturated heterocycles. The molecule has 1 aliphatic rings. The lowest BCUT2D eigenvalue weighted by atomic mass is 9.73. The maximum absolute atomic E-state index is 2.42. The lowest BCUT2D eigenvalue weighted by Gasteiger charge is -2.32. The molecule has 1 aromatic carbocycles. The van der Waals surface area contributed by atoms with Crippen molar-refractivity contribution in [1.29, 1.82) is 0 Å². The van der Waals surface area contributed by atoms with E-state index in [-0.39, 0.29) is 0 Å². The van der Waals surface area contributed by atoms with Gasteiger partial charge in [-0.3, -0.25) is 0 Å². The molecular weight excluding hydrogens is 228 g/mol. The standard InChI is InChI=1S/C19H30/c1-4-10-18(16-12-7-6-8-13-16)19-14-9-11-15(3)17(19)5-2/h9,11,14,16,18H,4-8,10,12-13H2,1-3H3. The fourth-order valence-corrected chi connectivity index (χ4v) is 4.05. The molecule has 2 rings (SSSR count). The van der Waals surface area contributed by atoms with Crippen LogP contribution in [0.4, 0.5) is 0 Å². The molecule has 0 radical (unpaired) electrons. The SMILES string of the molecule is CCCC(c1cccc(C)c1CC)C1CCCCC1. The van der Waals surface area contributed by atoms with Crippen LogP contribution in [0, 0.1) is 12.8 Å². The molecule has 1 aliphatic carbocycles. The summed E-state index contributed by atoms with van der Waals surface area (Å²) >= 11 is 0. The van der Waals surface area contributed by atoms with Gasteiger partial charge in [-0.1, -0.05) is 57.7 Å². The zero-order chi connectivity index (χ0) is 13.7. The normalized spacial score (nSPS) is 18.5. The minimum Gasteiger partial charge on any atom is -0.0654 e. The van der Waals surface area contributed by atoms with E-state index in [4.69, 9.17) is 0 Å². The van der Waals surface area contributed by atoms with Crippen molar-refractivity contribution in [3.63, 3.8) is 0 Å². The van der Waals surface area contributed by atoms with Crippen LogP contribution in [0.2, 0.25) is 0 Å². The highest BCUT2D eigenvalue weighted by Crippen LogP contribution is 2.40. The fraction of sp³-hybridized carbons (Fsp3) is 0.684. The minimum absolute atomic E-state index is 0.820. The Labute approximate surface area is 119 Å². The Hall–Kier alpha value is -0.780. The van der Waals surface area contributed by atoms with E-state index < -0.39 is 0 Å². The molecule has 1 fully saturated rings. The van der Waals surface area contributed by atoms with Gasteiger partial charge < -0.3 is 0 Å². The largest absolute Gasteiger partial charge is 0.0654 e. The van der Waals surface area contributed by atoms with Crippen molar-refractivity contribution in [2.24, 2.45) is 5.92 Å². The van der Waals surface area contributed by atoms with E-state index >= 15 is 0 Å². The monoisotopic (exact) mass is 258 g/mol.